The lowest BCUT2D eigenvalue weighted by atomic mass is 9.72. The summed E-state index contributed by atoms with van der Waals surface area (Å²) in [6, 6.07) is 41.0. The van der Waals surface area contributed by atoms with Gasteiger partial charge in [-0.05, 0) is 49.4 Å². The first-order chi connectivity index (χ1) is 19.9. The minimum absolute atomic E-state index is 0.0918. The summed E-state index contributed by atoms with van der Waals surface area (Å²) in [5.74, 6) is -0.913. The van der Waals surface area contributed by atoms with Crippen LogP contribution in [-0.2, 0) is 34.2 Å². The Bertz CT molecular complexity index is 1230. The second kappa shape index (κ2) is 11.4. The molecule has 2 heterocycles. The van der Waals surface area contributed by atoms with Gasteiger partial charge >= 0.3 is 8.60 Å². The number of ether oxygens (including phenoxy) is 2. The highest BCUT2D eigenvalue weighted by Gasteiger charge is 2.67. The van der Waals surface area contributed by atoms with Crippen LogP contribution < -0.4 is 0 Å². The van der Waals surface area contributed by atoms with Crippen LogP contribution >= 0.6 is 8.60 Å². The van der Waals surface area contributed by atoms with Crippen molar-refractivity contribution in [3.8, 4) is 0 Å². The average molecular weight is 569 g/mol. The molecule has 0 N–H and O–H groups in total. The van der Waals surface area contributed by atoms with Gasteiger partial charge in [0.1, 0.15) is 12.2 Å². The molecule has 0 spiro atoms. The van der Waals surface area contributed by atoms with Crippen LogP contribution in [0.5, 0.6) is 0 Å². The van der Waals surface area contributed by atoms with E-state index < -0.39 is 37.8 Å². The van der Waals surface area contributed by atoms with Gasteiger partial charge in [-0.15, -0.1) is 0 Å². The first kappa shape index (κ1) is 28.2. The number of fused-ring (bicyclic) bond motifs is 1. The van der Waals surface area contributed by atoms with Crippen molar-refractivity contribution in [2.45, 2.75) is 69.4 Å². The molecule has 212 valence electrons. The molecular formula is C35H37O5P. The van der Waals surface area contributed by atoms with E-state index in [1.165, 1.54) is 0 Å². The van der Waals surface area contributed by atoms with Gasteiger partial charge in [-0.25, -0.2) is 0 Å². The van der Waals surface area contributed by atoms with Crippen molar-refractivity contribution in [3.05, 3.63) is 144 Å². The maximum Gasteiger partial charge on any atom is 0.335 e. The third kappa shape index (κ3) is 5.06. The summed E-state index contributed by atoms with van der Waals surface area (Å²) >= 11 is 0. The smallest absolute Gasteiger partial charge is 0.335 e. The van der Waals surface area contributed by atoms with Gasteiger partial charge in [0.2, 0.25) is 0 Å². The zero-order chi connectivity index (χ0) is 28.5. The predicted octanol–water partition coefficient (Wildman–Crippen LogP) is 8.48. The van der Waals surface area contributed by atoms with Gasteiger partial charge in [-0.3, -0.25) is 9.05 Å². The summed E-state index contributed by atoms with van der Waals surface area (Å²) in [6.45, 7) is 8.07. The van der Waals surface area contributed by atoms with Crippen molar-refractivity contribution in [2.75, 3.05) is 0 Å². The highest BCUT2D eigenvalue weighted by atomic mass is 31.2. The molecule has 4 aromatic carbocycles. The summed E-state index contributed by atoms with van der Waals surface area (Å²) in [5.41, 5.74) is 1.61. The lowest BCUT2D eigenvalue weighted by molar-refractivity contribution is -0.176. The average Bonchev–Trinajstić information content (AvgIpc) is 3.30. The normalized spacial score (nSPS) is 23.8. The molecule has 6 heteroatoms. The van der Waals surface area contributed by atoms with E-state index in [1.807, 2.05) is 86.6 Å². The van der Waals surface area contributed by atoms with Gasteiger partial charge in [-0.1, -0.05) is 128 Å². The van der Waals surface area contributed by atoms with Crippen LogP contribution in [0, 0.1) is 0 Å². The Kier molecular flexibility index (Phi) is 7.86. The zero-order valence-corrected chi connectivity index (χ0v) is 24.9. The second-order valence-electron chi connectivity index (χ2n) is 11.1. The molecule has 6 rings (SSSR count). The Balaban J connectivity index is 1.69. The molecule has 2 aliphatic rings. The Morgan fingerprint density at radius 1 is 0.610 bits per heavy atom. The molecule has 0 aromatic heterocycles. The first-order valence-electron chi connectivity index (χ1n) is 14.3. The van der Waals surface area contributed by atoms with Gasteiger partial charge in [0.25, 0.3) is 0 Å². The Labute approximate surface area is 244 Å². The summed E-state index contributed by atoms with van der Waals surface area (Å²) in [7, 11) is -1.93. The molecule has 0 amide bonds. The Morgan fingerprint density at radius 2 is 0.927 bits per heavy atom. The van der Waals surface area contributed by atoms with E-state index in [1.54, 1.807) is 0 Å². The number of hydrogen-bond donors (Lipinski definition) is 0. The SMILES string of the molecule is CC[C@@H](C)OP1OC(c2ccccc2)(c2ccccc2)[C@@H]2OC(C)(C)O[C@H]2C(c2ccccc2)(c2ccccc2)O1. The lowest BCUT2D eigenvalue weighted by Gasteiger charge is -2.41. The predicted molar refractivity (Wildman–Crippen MR) is 161 cm³/mol. The van der Waals surface area contributed by atoms with E-state index in [2.05, 4.69) is 62.4 Å². The molecule has 0 radical (unpaired) electrons. The van der Waals surface area contributed by atoms with Crippen molar-refractivity contribution >= 4 is 8.60 Å². The molecule has 0 bridgehead atoms. The Morgan fingerprint density at radius 3 is 1.22 bits per heavy atom. The van der Waals surface area contributed by atoms with Crippen LogP contribution in [0.15, 0.2) is 121 Å². The minimum Gasteiger partial charge on any atom is -0.341 e. The lowest BCUT2D eigenvalue weighted by Crippen LogP contribution is -2.53. The fraction of sp³-hybridized carbons (Fsp3) is 0.314. The van der Waals surface area contributed by atoms with Crippen molar-refractivity contribution in [2.24, 2.45) is 0 Å². The van der Waals surface area contributed by atoms with E-state index in [0.29, 0.717) is 0 Å². The van der Waals surface area contributed by atoms with E-state index in [-0.39, 0.29) is 6.10 Å². The van der Waals surface area contributed by atoms with Crippen LogP contribution in [0.25, 0.3) is 0 Å². The van der Waals surface area contributed by atoms with Crippen LogP contribution in [-0.4, -0.2) is 24.1 Å². The molecule has 0 unspecified atom stereocenters. The Hall–Kier alpha value is -2.89. The summed E-state index contributed by atoms with van der Waals surface area (Å²) in [6.07, 6.45) is -0.483. The fourth-order valence-electron chi connectivity index (χ4n) is 5.92. The van der Waals surface area contributed by atoms with E-state index in [9.17, 15) is 0 Å². The third-order valence-electron chi connectivity index (χ3n) is 7.99. The molecule has 41 heavy (non-hydrogen) atoms. The van der Waals surface area contributed by atoms with Gasteiger partial charge in [0.15, 0.2) is 17.0 Å². The topological polar surface area (TPSA) is 46.2 Å². The highest BCUT2D eigenvalue weighted by molar-refractivity contribution is 7.41. The molecule has 2 aliphatic heterocycles. The maximum atomic E-state index is 7.26. The van der Waals surface area contributed by atoms with Crippen LogP contribution in [0.3, 0.4) is 0 Å². The molecule has 5 nitrogen and oxygen atoms in total. The van der Waals surface area contributed by atoms with Gasteiger partial charge < -0.3 is 14.0 Å². The molecule has 4 aromatic rings. The van der Waals surface area contributed by atoms with Crippen molar-refractivity contribution in [1.29, 1.82) is 0 Å². The molecule has 0 saturated carbocycles. The first-order valence-corrected chi connectivity index (χ1v) is 15.4. The van der Waals surface area contributed by atoms with Gasteiger partial charge in [0, 0.05) is 0 Å². The van der Waals surface area contributed by atoms with E-state index in [0.717, 1.165) is 28.7 Å². The summed E-state index contributed by atoms with van der Waals surface area (Å²) in [5, 5.41) is 0. The monoisotopic (exact) mass is 568 g/mol. The quantitative estimate of drug-likeness (QED) is 0.209. The summed E-state index contributed by atoms with van der Waals surface area (Å²) in [4.78, 5) is 0. The number of benzene rings is 4. The minimum atomic E-state index is -1.93. The molecule has 0 aliphatic carbocycles. The number of rotatable bonds is 7. The molecule has 2 fully saturated rings. The van der Waals surface area contributed by atoms with Crippen molar-refractivity contribution in [1.82, 2.24) is 0 Å². The van der Waals surface area contributed by atoms with Crippen LogP contribution in [0.2, 0.25) is 0 Å². The van der Waals surface area contributed by atoms with Crippen LogP contribution in [0.1, 0.15) is 56.4 Å². The third-order valence-corrected chi connectivity index (χ3v) is 9.39. The van der Waals surface area contributed by atoms with Crippen molar-refractivity contribution < 1.29 is 23.0 Å². The summed E-state index contributed by atoms with van der Waals surface area (Å²) < 4.78 is 35.1. The number of hydrogen-bond acceptors (Lipinski definition) is 5. The van der Waals surface area contributed by atoms with Crippen LogP contribution in [0.4, 0.5) is 0 Å². The van der Waals surface area contributed by atoms with E-state index in [4.69, 9.17) is 23.0 Å². The maximum absolute atomic E-state index is 7.26. The van der Waals surface area contributed by atoms with E-state index >= 15 is 0 Å². The molecular weight excluding hydrogens is 531 g/mol. The standard InChI is InChI=1S/C35H37O5P/c1-5-26(2)38-41-39-34(27-18-10-6-11-19-27,28-20-12-7-13-21-28)31-32(37-33(3,4)36-31)35(40-41,29-22-14-8-15-23-29)30-24-16-9-17-25-30/h6-26,31-32H,5H2,1-4H3/t26-,31-,32-/m1/s1. The largest absolute Gasteiger partial charge is 0.341 e. The second-order valence-corrected chi connectivity index (χ2v) is 12.2. The van der Waals surface area contributed by atoms with Gasteiger partial charge in [0.05, 0.1) is 6.10 Å². The van der Waals surface area contributed by atoms with Gasteiger partial charge in [-0.2, -0.15) is 0 Å². The highest BCUT2D eigenvalue weighted by Crippen LogP contribution is 2.65. The van der Waals surface area contributed by atoms with Crippen molar-refractivity contribution in [3.63, 3.8) is 0 Å². The zero-order valence-electron chi connectivity index (χ0n) is 24.0. The molecule has 3 atom stereocenters. The fourth-order valence-corrected chi connectivity index (χ4v) is 7.59. The molecule has 2 saturated heterocycles.